The number of nitrogens with one attached hydrogen (secondary N) is 1. The van der Waals surface area contributed by atoms with Crippen LogP contribution in [0, 0.1) is 5.41 Å². The zero-order valence-corrected chi connectivity index (χ0v) is 12.3. The van der Waals surface area contributed by atoms with Crippen LogP contribution in [0.3, 0.4) is 0 Å². The minimum Gasteiger partial charge on any atom is -0.481 e. The molecule has 0 saturated heterocycles. The second-order valence-electron chi connectivity index (χ2n) is 5.28. The summed E-state index contributed by atoms with van der Waals surface area (Å²) in [7, 11) is 0. The highest BCUT2D eigenvalue weighted by molar-refractivity contribution is 5.81. The summed E-state index contributed by atoms with van der Waals surface area (Å²) >= 11 is 0. The fraction of sp³-hybridized carbons (Fsp3) is 0.786. The lowest BCUT2D eigenvalue weighted by molar-refractivity contribution is -0.143. The number of carboxylic acids is 1. The van der Waals surface area contributed by atoms with E-state index in [1.165, 1.54) is 0 Å². The van der Waals surface area contributed by atoms with Gasteiger partial charge >= 0.3 is 5.97 Å². The van der Waals surface area contributed by atoms with Crippen molar-refractivity contribution in [3.63, 3.8) is 0 Å². The number of rotatable bonds is 9. The van der Waals surface area contributed by atoms with Crippen LogP contribution in [-0.4, -0.2) is 47.4 Å². The van der Waals surface area contributed by atoms with Crippen molar-refractivity contribution < 1.29 is 19.5 Å². The highest BCUT2D eigenvalue weighted by Crippen LogP contribution is 2.45. The number of amides is 2. The Morgan fingerprint density at radius 3 is 2.20 bits per heavy atom. The van der Waals surface area contributed by atoms with Crippen LogP contribution in [0.5, 0.6) is 0 Å². The van der Waals surface area contributed by atoms with Crippen molar-refractivity contribution >= 4 is 17.8 Å². The molecule has 2 amide bonds. The van der Waals surface area contributed by atoms with Gasteiger partial charge in [0.15, 0.2) is 0 Å². The predicted molar refractivity (Wildman–Crippen MR) is 74.1 cm³/mol. The Kier molecular flexibility index (Phi) is 5.98. The van der Waals surface area contributed by atoms with Gasteiger partial charge in [-0.15, -0.1) is 0 Å². The van der Waals surface area contributed by atoms with Crippen LogP contribution in [0.25, 0.3) is 0 Å². The number of aliphatic carboxylic acids is 1. The zero-order valence-electron chi connectivity index (χ0n) is 12.3. The van der Waals surface area contributed by atoms with E-state index in [0.717, 1.165) is 0 Å². The molecule has 0 spiro atoms. The van der Waals surface area contributed by atoms with Gasteiger partial charge in [0, 0.05) is 32.5 Å². The highest BCUT2D eigenvalue weighted by Gasteiger charge is 2.50. The van der Waals surface area contributed by atoms with E-state index in [-0.39, 0.29) is 24.8 Å². The summed E-state index contributed by atoms with van der Waals surface area (Å²) < 4.78 is 0. The molecule has 0 bridgehead atoms. The second-order valence-corrected chi connectivity index (χ2v) is 5.28. The molecule has 2 N–H and O–H groups in total. The molecular formula is C14H24N2O4. The van der Waals surface area contributed by atoms with Crippen LogP contribution >= 0.6 is 0 Å². The Morgan fingerprint density at radius 1 is 1.15 bits per heavy atom. The molecule has 0 heterocycles. The minimum absolute atomic E-state index is 0.0620. The Balaban J connectivity index is 2.18. The predicted octanol–water partition coefficient (Wildman–Crippen LogP) is 1.01. The van der Waals surface area contributed by atoms with Gasteiger partial charge in [0.05, 0.1) is 5.41 Å². The lowest BCUT2D eigenvalue weighted by Crippen LogP contribution is -2.34. The number of hydrogen-bond donors (Lipinski definition) is 2. The first-order valence-corrected chi connectivity index (χ1v) is 7.23. The van der Waals surface area contributed by atoms with Crippen LogP contribution in [0.1, 0.15) is 46.0 Å². The van der Waals surface area contributed by atoms with Crippen molar-refractivity contribution in [2.75, 3.05) is 19.6 Å². The zero-order chi connectivity index (χ0) is 15.2. The van der Waals surface area contributed by atoms with E-state index < -0.39 is 11.4 Å². The average Bonchev–Trinajstić information content (AvgIpc) is 3.19. The molecular weight excluding hydrogens is 260 g/mol. The Bertz CT molecular complexity index is 373. The molecule has 0 aromatic heterocycles. The number of nitrogens with zero attached hydrogens (tertiary/aromatic N) is 1. The molecule has 6 heteroatoms. The highest BCUT2D eigenvalue weighted by atomic mass is 16.4. The normalized spacial score (nSPS) is 15.5. The van der Waals surface area contributed by atoms with Crippen molar-refractivity contribution in [3.8, 4) is 0 Å². The monoisotopic (exact) mass is 284 g/mol. The maximum absolute atomic E-state index is 11.7. The van der Waals surface area contributed by atoms with Gasteiger partial charge in [-0.2, -0.15) is 0 Å². The topological polar surface area (TPSA) is 86.7 Å². The summed E-state index contributed by atoms with van der Waals surface area (Å²) in [6, 6.07) is 0. The third-order valence-corrected chi connectivity index (χ3v) is 3.84. The second kappa shape index (κ2) is 7.26. The standard InChI is InChI=1S/C14H24N2O4/c1-3-16(4-2)12(18)7-5-6-11(17)15-10-14(8-9-14)13(19)20/h3-10H2,1-2H3,(H,15,17)(H,19,20). The summed E-state index contributed by atoms with van der Waals surface area (Å²) in [4.78, 5) is 36.0. The molecule has 0 atom stereocenters. The number of carbonyl (C=O) groups excluding carboxylic acids is 2. The lowest BCUT2D eigenvalue weighted by atomic mass is 10.1. The number of carbonyl (C=O) groups is 3. The smallest absolute Gasteiger partial charge is 0.311 e. The van der Waals surface area contributed by atoms with Crippen LogP contribution in [-0.2, 0) is 14.4 Å². The number of hydrogen-bond acceptors (Lipinski definition) is 3. The van der Waals surface area contributed by atoms with Crippen LogP contribution < -0.4 is 5.32 Å². The Hall–Kier alpha value is -1.59. The molecule has 114 valence electrons. The average molecular weight is 284 g/mol. The van der Waals surface area contributed by atoms with Crippen LogP contribution in [0.4, 0.5) is 0 Å². The van der Waals surface area contributed by atoms with Crippen molar-refractivity contribution in [2.24, 2.45) is 5.41 Å². The molecule has 0 aliphatic heterocycles. The summed E-state index contributed by atoms with van der Waals surface area (Å²) in [5.74, 6) is -0.952. The van der Waals surface area contributed by atoms with Gasteiger partial charge in [-0.25, -0.2) is 0 Å². The molecule has 6 nitrogen and oxygen atoms in total. The first kappa shape index (κ1) is 16.5. The summed E-state index contributed by atoms with van der Waals surface area (Å²) in [5, 5.41) is 11.6. The molecule has 0 aromatic carbocycles. The molecule has 0 unspecified atom stereocenters. The quantitative estimate of drug-likeness (QED) is 0.661. The van der Waals surface area contributed by atoms with Gasteiger partial charge in [-0.1, -0.05) is 0 Å². The van der Waals surface area contributed by atoms with Crippen molar-refractivity contribution in [3.05, 3.63) is 0 Å². The molecule has 1 aliphatic carbocycles. The molecule has 1 aliphatic rings. The van der Waals surface area contributed by atoms with Gasteiger partial charge in [-0.05, 0) is 33.1 Å². The van der Waals surface area contributed by atoms with E-state index >= 15 is 0 Å². The molecule has 1 fully saturated rings. The molecule has 1 rings (SSSR count). The summed E-state index contributed by atoms with van der Waals surface area (Å²) in [5.41, 5.74) is -0.729. The van der Waals surface area contributed by atoms with Crippen molar-refractivity contribution in [2.45, 2.75) is 46.0 Å². The molecule has 0 radical (unpaired) electrons. The van der Waals surface area contributed by atoms with Crippen LogP contribution in [0.15, 0.2) is 0 Å². The SMILES string of the molecule is CCN(CC)C(=O)CCCC(=O)NCC1(C(=O)O)CC1. The first-order valence-electron chi connectivity index (χ1n) is 7.23. The molecule has 1 saturated carbocycles. The van der Waals surface area contributed by atoms with Gasteiger partial charge in [0.2, 0.25) is 11.8 Å². The van der Waals surface area contributed by atoms with Gasteiger partial charge in [0.25, 0.3) is 0 Å². The first-order chi connectivity index (χ1) is 9.45. The van der Waals surface area contributed by atoms with Crippen LogP contribution in [0.2, 0.25) is 0 Å². The maximum atomic E-state index is 11.7. The third-order valence-electron chi connectivity index (χ3n) is 3.84. The molecule has 20 heavy (non-hydrogen) atoms. The largest absolute Gasteiger partial charge is 0.481 e. The molecule has 0 aromatic rings. The minimum atomic E-state index is -0.838. The summed E-state index contributed by atoms with van der Waals surface area (Å²) in [6.07, 6.45) is 2.38. The van der Waals surface area contributed by atoms with Gasteiger partial charge in [0.1, 0.15) is 0 Å². The fourth-order valence-corrected chi connectivity index (χ4v) is 2.11. The van der Waals surface area contributed by atoms with Crippen molar-refractivity contribution in [1.82, 2.24) is 10.2 Å². The third kappa shape index (κ3) is 4.51. The Labute approximate surface area is 119 Å². The van der Waals surface area contributed by atoms with E-state index in [0.29, 0.717) is 38.8 Å². The van der Waals surface area contributed by atoms with E-state index in [1.54, 1.807) is 4.90 Å². The van der Waals surface area contributed by atoms with Gasteiger partial charge in [-0.3, -0.25) is 14.4 Å². The van der Waals surface area contributed by atoms with Gasteiger partial charge < -0.3 is 15.3 Å². The van der Waals surface area contributed by atoms with E-state index in [4.69, 9.17) is 5.11 Å². The number of carboxylic acid groups (broad SMARTS) is 1. The van der Waals surface area contributed by atoms with E-state index in [1.807, 2.05) is 13.8 Å². The fourth-order valence-electron chi connectivity index (χ4n) is 2.11. The van der Waals surface area contributed by atoms with E-state index in [9.17, 15) is 14.4 Å². The Morgan fingerprint density at radius 2 is 1.75 bits per heavy atom. The van der Waals surface area contributed by atoms with Crippen molar-refractivity contribution in [1.29, 1.82) is 0 Å². The maximum Gasteiger partial charge on any atom is 0.311 e. The lowest BCUT2D eigenvalue weighted by Gasteiger charge is -2.18. The summed E-state index contributed by atoms with van der Waals surface area (Å²) in [6.45, 7) is 5.42. The van der Waals surface area contributed by atoms with E-state index in [2.05, 4.69) is 5.32 Å².